The molecule has 0 aliphatic heterocycles. The van der Waals surface area contributed by atoms with Crippen molar-refractivity contribution in [3.8, 4) is 0 Å². The lowest BCUT2D eigenvalue weighted by molar-refractivity contribution is 0.152. The number of hydrogen-bond donors (Lipinski definition) is 2. The number of aromatic nitrogens is 3. The summed E-state index contributed by atoms with van der Waals surface area (Å²) in [5, 5.41) is 5.77. The third-order valence-electron chi connectivity index (χ3n) is 6.19. The zero-order valence-electron chi connectivity index (χ0n) is 18.8. The number of amides is 2. The topological polar surface area (TPSA) is 81.0 Å². The van der Waals surface area contributed by atoms with Crippen LogP contribution in [0.5, 0.6) is 0 Å². The van der Waals surface area contributed by atoms with Gasteiger partial charge in [-0.1, -0.05) is 34.6 Å². The van der Waals surface area contributed by atoms with Gasteiger partial charge in [0.2, 0.25) is 0 Å². The lowest BCUT2D eigenvalue weighted by Gasteiger charge is -2.42. The number of nitrogens with one attached hydrogen (secondary N) is 2. The van der Waals surface area contributed by atoms with E-state index in [1.54, 1.807) is 18.7 Å². The zero-order chi connectivity index (χ0) is 21.6. The first kappa shape index (κ1) is 21.4. The van der Waals surface area contributed by atoms with Crippen molar-refractivity contribution in [2.45, 2.75) is 72.4 Å². The van der Waals surface area contributed by atoms with Gasteiger partial charge in [-0.05, 0) is 42.2 Å². The molecule has 0 spiro atoms. The van der Waals surface area contributed by atoms with Crippen molar-refractivity contribution in [3.63, 3.8) is 0 Å². The van der Waals surface area contributed by atoms with Crippen molar-refractivity contribution in [2.75, 3.05) is 7.05 Å². The number of carbonyl (C=O) groups is 1. The van der Waals surface area contributed by atoms with Gasteiger partial charge >= 0.3 is 11.7 Å². The van der Waals surface area contributed by atoms with Crippen LogP contribution in [0.25, 0.3) is 11.2 Å². The molecule has 0 saturated heterocycles. The Kier molecular flexibility index (Phi) is 5.54. The highest BCUT2D eigenvalue weighted by Crippen LogP contribution is 2.42. The van der Waals surface area contributed by atoms with Crippen LogP contribution in [0.4, 0.5) is 4.79 Å². The molecule has 7 heteroatoms. The third kappa shape index (κ3) is 4.33. The van der Waals surface area contributed by atoms with E-state index in [4.69, 9.17) is 4.98 Å². The van der Waals surface area contributed by atoms with Crippen LogP contribution >= 0.6 is 0 Å². The molecule has 7 nitrogen and oxygen atoms in total. The number of nitrogens with zero attached hydrogens (tertiary/aromatic N) is 3. The minimum absolute atomic E-state index is 0.00444. The average molecular weight is 402 g/mol. The van der Waals surface area contributed by atoms with Crippen molar-refractivity contribution in [1.82, 2.24) is 24.8 Å². The second kappa shape index (κ2) is 7.50. The Morgan fingerprint density at radius 2 is 2.00 bits per heavy atom. The van der Waals surface area contributed by atoms with Crippen LogP contribution in [0.1, 0.15) is 65.5 Å². The van der Waals surface area contributed by atoms with Crippen molar-refractivity contribution in [3.05, 3.63) is 28.3 Å². The van der Waals surface area contributed by atoms with Crippen molar-refractivity contribution in [1.29, 1.82) is 0 Å². The Morgan fingerprint density at radius 1 is 1.31 bits per heavy atom. The number of fused-ring (bicyclic) bond motifs is 1. The van der Waals surface area contributed by atoms with E-state index < -0.39 is 0 Å². The lowest BCUT2D eigenvalue weighted by Crippen LogP contribution is -2.50. The van der Waals surface area contributed by atoms with Crippen molar-refractivity contribution >= 4 is 17.2 Å². The molecule has 2 aromatic heterocycles. The predicted molar refractivity (Wildman–Crippen MR) is 116 cm³/mol. The quantitative estimate of drug-likeness (QED) is 0.827. The van der Waals surface area contributed by atoms with Crippen molar-refractivity contribution in [2.24, 2.45) is 17.9 Å². The molecular weight excluding hydrogens is 366 g/mol. The molecule has 2 heterocycles. The van der Waals surface area contributed by atoms with Gasteiger partial charge in [-0.25, -0.2) is 14.6 Å². The first-order chi connectivity index (χ1) is 13.4. The number of pyridine rings is 1. The van der Waals surface area contributed by atoms with Gasteiger partial charge in [-0.2, -0.15) is 0 Å². The van der Waals surface area contributed by atoms with E-state index >= 15 is 0 Å². The maximum atomic E-state index is 12.8. The summed E-state index contributed by atoms with van der Waals surface area (Å²) in [6, 6.07) is 4.02. The molecule has 29 heavy (non-hydrogen) atoms. The van der Waals surface area contributed by atoms with E-state index in [0.717, 1.165) is 36.1 Å². The zero-order valence-corrected chi connectivity index (χ0v) is 18.8. The Hall–Kier alpha value is -2.31. The molecule has 3 rings (SSSR count). The fraction of sp³-hybridized carbons (Fsp3) is 0.682. The summed E-state index contributed by atoms with van der Waals surface area (Å²) in [6.07, 6.45) is 2.87. The first-order valence-electron chi connectivity index (χ1n) is 10.5. The Labute approximate surface area is 172 Å². The predicted octanol–water partition coefficient (Wildman–Crippen LogP) is 3.37. The number of imidazole rings is 1. The maximum Gasteiger partial charge on any atom is 0.330 e. The second-order valence-corrected chi connectivity index (χ2v) is 10.3. The van der Waals surface area contributed by atoms with Gasteiger partial charge in [-0.15, -0.1) is 0 Å². The van der Waals surface area contributed by atoms with Crippen LogP contribution in [-0.2, 0) is 13.6 Å². The summed E-state index contributed by atoms with van der Waals surface area (Å²) < 4.78 is 3.48. The number of hydrogen-bond acceptors (Lipinski definition) is 3. The summed E-state index contributed by atoms with van der Waals surface area (Å²) in [6.45, 7) is 11.4. The fourth-order valence-electron chi connectivity index (χ4n) is 4.34. The SMILES string of the molecule is CNC(=O)NC1CC(c2ccc3c(n2)n(C)c(=O)n3CC(C)(C)C)CCC1(C)C. The normalized spacial score (nSPS) is 21.9. The molecule has 2 amide bonds. The highest BCUT2D eigenvalue weighted by atomic mass is 16.2. The minimum Gasteiger partial charge on any atom is -0.341 e. The summed E-state index contributed by atoms with van der Waals surface area (Å²) in [7, 11) is 3.43. The third-order valence-corrected chi connectivity index (χ3v) is 6.19. The number of rotatable bonds is 3. The fourth-order valence-corrected chi connectivity index (χ4v) is 4.34. The van der Waals surface area contributed by atoms with Gasteiger partial charge in [0.15, 0.2) is 5.65 Å². The molecule has 1 fully saturated rings. The molecule has 2 unspecified atom stereocenters. The first-order valence-corrected chi connectivity index (χ1v) is 10.5. The van der Waals surface area contributed by atoms with E-state index in [-0.39, 0.29) is 34.5 Å². The number of urea groups is 1. The van der Waals surface area contributed by atoms with Crippen LogP contribution in [-0.4, -0.2) is 33.2 Å². The molecule has 0 aromatic carbocycles. The lowest BCUT2D eigenvalue weighted by atomic mass is 9.68. The van der Waals surface area contributed by atoms with Gasteiger partial charge in [0, 0.05) is 38.3 Å². The molecule has 1 aliphatic rings. The van der Waals surface area contributed by atoms with Gasteiger partial charge in [0.1, 0.15) is 0 Å². The van der Waals surface area contributed by atoms with Crippen LogP contribution in [0, 0.1) is 10.8 Å². The van der Waals surface area contributed by atoms with Gasteiger partial charge in [0.05, 0.1) is 5.52 Å². The molecule has 0 radical (unpaired) electrons. The maximum absolute atomic E-state index is 12.8. The summed E-state index contributed by atoms with van der Waals surface area (Å²) >= 11 is 0. The smallest absolute Gasteiger partial charge is 0.330 e. The second-order valence-electron chi connectivity index (χ2n) is 10.3. The summed E-state index contributed by atoms with van der Waals surface area (Å²) in [5.74, 6) is 0.260. The van der Waals surface area contributed by atoms with Crippen LogP contribution < -0.4 is 16.3 Å². The Bertz CT molecular complexity index is 964. The van der Waals surface area contributed by atoms with Gasteiger partial charge < -0.3 is 10.6 Å². The molecular formula is C22H35N5O2. The van der Waals surface area contributed by atoms with Crippen molar-refractivity contribution < 1.29 is 4.79 Å². The van der Waals surface area contributed by atoms with E-state index in [1.807, 2.05) is 10.6 Å². The van der Waals surface area contributed by atoms with E-state index in [0.29, 0.717) is 6.54 Å². The highest BCUT2D eigenvalue weighted by molar-refractivity contribution is 5.74. The molecule has 1 saturated carbocycles. The Morgan fingerprint density at radius 3 is 2.62 bits per heavy atom. The van der Waals surface area contributed by atoms with E-state index in [9.17, 15) is 9.59 Å². The molecule has 2 atom stereocenters. The van der Waals surface area contributed by atoms with Crippen LogP contribution in [0.15, 0.2) is 16.9 Å². The summed E-state index contributed by atoms with van der Waals surface area (Å²) in [4.78, 5) is 29.6. The number of carbonyl (C=O) groups excluding carboxylic acids is 1. The van der Waals surface area contributed by atoms with E-state index in [2.05, 4.69) is 51.3 Å². The minimum atomic E-state index is -0.145. The average Bonchev–Trinajstić information content (AvgIpc) is 2.86. The molecule has 2 N–H and O–H groups in total. The molecule has 1 aliphatic carbocycles. The molecule has 160 valence electrons. The van der Waals surface area contributed by atoms with Gasteiger partial charge in [-0.3, -0.25) is 9.13 Å². The largest absolute Gasteiger partial charge is 0.341 e. The molecule has 2 aromatic rings. The highest BCUT2D eigenvalue weighted by Gasteiger charge is 2.38. The summed E-state index contributed by atoms with van der Waals surface area (Å²) in [5.41, 5.74) is 2.63. The standard InChI is InChI=1S/C22H35N5O2/c1-21(2,3)13-27-16-9-8-15(24-18(16)26(7)20(27)29)14-10-11-22(4,5)17(12-14)25-19(28)23-6/h8-9,14,17H,10-13H2,1-7H3,(H2,23,25,28). The van der Waals surface area contributed by atoms with Crippen LogP contribution in [0.3, 0.4) is 0 Å². The Balaban J connectivity index is 1.93. The van der Waals surface area contributed by atoms with Crippen LogP contribution in [0.2, 0.25) is 0 Å². The molecule has 0 bridgehead atoms. The monoisotopic (exact) mass is 401 g/mol. The number of aryl methyl sites for hydroxylation is 1. The van der Waals surface area contributed by atoms with E-state index in [1.165, 1.54) is 0 Å². The van der Waals surface area contributed by atoms with Gasteiger partial charge in [0.25, 0.3) is 0 Å².